The van der Waals surface area contributed by atoms with Crippen LogP contribution in [0.3, 0.4) is 0 Å². The van der Waals surface area contributed by atoms with Gasteiger partial charge in [0.25, 0.3) is 0 Å². The lowest BCUT2D eigenvalue weighted by atomic mass is 10.3. The normalized spacial score (nSPS) is 22.0. The predicted octanol–water partition coefficient (Wildman–Crippen LogP) is 1.35. The number of hydrogen-bond donors (Lipinski definition) is 0. The van der Waals surface area contributed by atoms with Crippen molar-refractivity contribution in [1.82, 2.24) is 19.7 Å². The maximum absolute atomic E-state index is 11.6. The zero-order chi connectivity index (χ0) is 15.8. The van der Waals surface area contributed by atoms with E-state index in [-0.39, 0.29) is 0 Å². The maximum atomic E-state index is 11.6. The molecule has 2 aromatic heterocycles. The molecule has 2 aromatic rings. The van der Waals surface area contributed by atoms with Crippen molar-refractivity contribution in [1.29, 1.82) is 0 Å². The van der Waals surface area contributed by atoms with E-state index < -0.39 is 5.97 Å². The summed E-state index contributed by atoms with van der Waals surface area (Å²) in [5, 5.41) is 4.22. The lowest BCUT2D eigenvalue weighted by Crippen LogP contribution is -2.24. The number of aromatic nitrogens is 4. The lowest BCUT2D eigenvalue weighted by Gasteiger charge is -2.17. The fraction of sp³-hybridized carbons (Fsp3) is 0.500. The molecule has 3 heterocycles. The van der Waals surface area contributed by atoms with Gasteiger partial charge in [0.05, 0.1) is 13.2 Å². The smallest absolute Gasteiger partial charge is 0.358 e. The number of rotatable bonds is 5. The summed E-state index contributed by atoms with van der Waals surface area (Å²) in [6.45, 7) is 4.83. The van der Waals surface area contributed by atoms with Crippen LogP contribution >= 0.6 is 0 Å². The first-order valence-electron chi connectivity index (χ1n) is 7.99. The molecule has 4 rings (SSSR count). The predicted molar refractivity (Wildman–Crippen MR) is 83.1 cm³/mol. The molecule has 1 aliphatic heterocycles. The molecule has 0 N–H and O–H groups in total. The third-order valence-electron chi connectivity index (χ3n) is 4.42. The van der Waals surface area contributed by atoms with Crippen molar-refractivity contribution >= 4 is 11.9 Å². The Hall–Kier alpha value is -2.44. The Morgan fingerprint density at radius 3 is 2.74 bits per heavy atom. The highest BCUT2D eigenvalue weighted by atomic mass is 16.5. The van der Waals surface area contributed by atoms with Crippen LogP contribution in [0, 0.1) is 11.8 Å². The quantitative estimate of drug-likeness (QED) is 0.776. The minimum absolute atomic E-state index is 0.320. The second-order valence-electron chi connectivity index (χ2n) is 6.17. The zero-order valence-electron chi connectivity index (χ0n) is 13.1. The van der Waals surface area contributed by atoms with Crippen molar-refractivity contribution in [2.75, 3.05) is 24.6 Å². The Kier molecular flexibility index (Phi) is 3.48. The van der Waals surface area contributed by atoms with Crippen LogP contribution in [0.5, 0.6) is 0 Å². The Bertz CT molecular complexity index is 702. The minimum Gasteiger partial charge on any atom is -0.461 e. The van der Waals surface area contributed by atoms with Crippen LogP contribution in [0.4, 0.5) is 5.95 Å². The Balaban J connectivity index is 1.40. The number of carbonyl (C=O) groups is 1. The van der Waals surface area contributed by atoms with Crippen molar-refractivity contribution in [2.24, 2.45) is 11.8 Å². The Morgan fingerprint density at radius 1 is 1.30 bits per heavy atom. The minimum atomic E-state index is -0.398. The van der Waals surface area contributed by atoms with Crippen molar-refractivity contribution in [3.63, 3.8) is 0 Å². The number of fused-ring (bicyclic) bond motifs is 1. The summed E-state index contributed by atoms with van der Waals surface area (Å²) < 4.78 is 6.62. The molecule has 2 atom stereocenters. The van der Waals surface area contributed by atoms with E-state index in [2.05, 4.69) is 20.0 Å². The molecular weight excluding hydrogens is 294 g/mol. The Labute approximate surface area is 134 Å². The van der Waals surface area contributed by atoms with E-state index in [9.17, 15) is 4.79 Å². The monoisotopic (exact) mass is 313 g/mol. The molecule has 7 heteroatoms. The van der Waals surface area contributed by atoms with Gasteiger partial charge in [-0.3, -0.25) is 4.68 Å². The summed E-state index contributed by atoms with van der Waals surface area (Å²) in [5.41, 5.74) is 1.28. The van der Waals surface area contributed by atoms with Gasteiger partial charge in [-0.15, -0.1) is 0 Å². The van der Waals surface area contributed by atoms with E-state index in [1.165, 1.54) is 6.42 Å². The van der Waals surface area contributed by atoms with E-state index >= 15 is 0 Å². The van der Waals surface area contributed by atoms with E-state index in [1.54, 1.807) is 23.9 Å². The van der Waals surface area contributed by atoms with Gasteiger partial charge >= 0.3 is 5.97 Å². The molecule has 0 amide bonds. The van der Waals surface area contributed by atoms with Crippen molar-refractivity contribution in [3.05, 3.63) is 35.9 Å². The van der Waals surface area contributed by atoms with Crippen LogP contribution in [-0.2, 0) is 11.3 Å². The summed E-state index contributed by atoms with van der Waals surface area (Å²) in [7, 11) is 0. The maximum Gasteiger partial charge on any atom is 0.358 e. The number of carbonyl (C=O) groups excluding carboxylic acids is 1. The number of piperidine rings is 1. The molecule has 120 valence electrons. The molecule has 1 saturated carbocycles. The molecule has 23 heavy (non-hydrogen) atoms. The van der Waals surface area contributed by atoms with Gasteiger partial charge in [-0.05, 0) is 31.2 Å². The average molecular weight is 313 g/mol. The van der Waals surface area contributed by atoms with Crippen LogP contribution in [0.15, 0.2) is 24.7 Å². The van der Waals surface area contributed by atoms with Crippen LogP contribution < -0.4 is 4.90 Å². The highest BCUT2D eigenvalue weighted by molar-refractivity contribution is 5.86. The summed E-state index contributed by atoms with van der Waals surface area (Å²) >= 11 is 0. The zero-order valence-corrected chi connectivity index (χ0v) is 13.1. The molecule has 0 spiro atoms. The molecular formula is C16H19N5O2. The third kappa shape index (κ3) is 2.91. The van der Waals surface area contributed by atoms with Gasteiger partial charge in [0.2, 0.25) is 5.95 Å². The molecule has 0 bridgehead atoms. The first kappa shape index (κ1) is 14.2. The van der Waals surface area contributed by atoms with Crippen LogP contribution in [0.25, 0.3) is 0 Å². The fourth-order valence-corrected chi connectivity index (χ4v) is 3.11. The SMILES string of the molecule is CCOC(=O)c1ccn(Cc2cnc(N3CC4CC4C3)nc2)n1. The highest BCUT2D eigenvalue weighted by Crippen LogP contribution is 2.45. The van der Waals surface area contributed by atoms with Crippen LogP contribution in [0.2, 0.25) is 0 Å². The van der Waals surface area contributed by atoms with Gasteiger partial charge in [-0.1, -0.05) is 0 Å². The van der Waals surface area contributed by atoms with Gasteiger partial charge in [0.15, 0.2) is 5.69 Å². The molecule has 1 aliphatic carbocycles. The molecule has 2 unspecified atom stereocenters. The van der Waals surface area contributed by atoms with Crippen LogP contribution in [0.1, 0.15) is 29.4 Å². The first-order valence-corrected chi connectivity index (χ1v) is 7.99. The van der Waals surface area contributed by atoms with Crippen molar-refractivity contribution < 1.29 is 9.53 Å². The van der Waals surface area contributed by atoms with Crippen LogP contribution in [-0.4, -0.2) is 45.4 Å². The van der Waals surface area contributed by atoms with E-state index in [0.717, 1.165) is 36.4 Å². The second-order valence-corrected chi connectivity index (χ2v) is 6.17. The van der Waals surface area contributed by atoms with Gasteiger partial charge in [-0.25, -0.2) is 14.8 Å². The van der Waals surface area contributed by atoms with Gasteiger partial charge in [0.1, 0.15) is 0 Å². The summed E-state index contributed by atoms with van der Waals surface area (Å²) in [6.07, 6.45) is 6.79. The van der Waals surface area contributed by atoms with E-state index in [0.29, 0.717) is 18.8 Å². The molecule has 0 radical (unpaired) electrons. The average Bonchev–Trinajstić information content (AvgIpc) is 2.98. The number of ether oxygens (including phenoxy) is 1. The summed E-state index contributed by atoms with van der Waals surface area (Å²) in [5.74, 6) is 2.14. The molecule has 2 fully saturated rings. The third-order valence-corrected chi connectivity index (χ3v) is 4.42. The number of nitrogens with zero attached hydrogens (tertiary/aromatic N) is 5. The highest BCUT2D eigenvalue weighted by Gasteiger charge is 2.45. The van der Waals surface area contributed by atoms with Crippen molar-refractivity contribution in [2.45, 2.75) is 19.9 Å². The topological polar surface area (TPSA) is 73.1 Å². The fourth-order valence-electron chi connectivity index (χ4n) is 3.11. The molecule has 1 saturated heterocycles. The first-order chi connectivity index (χ1) is 11.2. The molecule has 2 aliphatic rings. The molecule has 7 nitrogen and oxygen atoms in total. The lowest BCUT2D eigenvalue weighted by molar-refractivity contribution is 0.0518. The summed E-state index contributed by atoms with van der Waals surface area (Å²) in [6, 6.07) is 1.66. The standard InChI is InChI=1S/C16H19N5O2/c1-2-23-15(22)14-3-4-21(19-14)8-11-6-17-16(18-7-11)20-9-12-5-13(12)10-20/h3-4,6-7,12-13H,2,5,8-10H2,1H3. The molecule has 0 aromatic carbocycles. The van der Waals surface area contributed by atoms with Gasteiger partial charge in [-0.2, -0.15) is 5.10 Å². The van der Waals surface area contributed by atoms with E-state index in [1.807, 2.05) is 12.4 Å². The van der Waals surface area contributed by atoms with E-state index in [4.69, 9.17) is 4.74 Å². The summed E-state index contributed by atoms with van der Waals surface area (Å²) in [4.78, 5) is 22.8. The number of esters is 1. The van der Waals surface area contributed by atoms with Gasteiger partial charge < -0.3 is 9.64 Å². The van der Waals surface area contributed by atoms with Crippen molar-refractivity contribution in [3.8, 4) is 0 Å². The largest absolute Gasteiger partial charge is 0.461 e. The Morgan fingerprint density at radius 2 is 2.04 bits per heavy atom. The number of anilines is 1. The number of hydrogen-bond acceptors (Lipinski definition) is 6. The van der Waals surface area contributed by atoms with Gasteiger partial charge in [0, 0.05) is 37.2 Å². The second kappa shape index (κ2) is 5.64.